The van der Waals surface area contributed by atoms with Crippen LogP contribution in [0, 0.1) is 5.82 Å². The minimum Gasteiger partial charge on any atom is -0.382 e. The van der Waals surface area contributed by atoms with Crippen LogP contribution in [-0.4, -0.2) is 30.9 Å². The molecule has 1 rings (SSSR count). The highest BCUT2D eigenvalue weighted by Gasteiger charge is 2.05. The second-order valence-corrected chi connectivity index (χ2v) is 5.09. The maximum absolute atomic E-state index is 12.8. The second-order valence-electron chi connectivity index (χ2n) is 4.68. The van der Waals surface area contributed by atoms with Crippen molar-refractivity contribution in [3.8, 4) is 0 Å². The summed E-state index contributed by atoms with van der Waals surface area (Å²) in [6.07, 6.45) is 1.74. The fraction of sp³-hybridized carbons (Fsp3) is 0.533. The SMILES string of the molecule is CCOCCCNC(=S)NC(C)Cc1ccc(F)cc1. The van der Waals surface area contributed by atoms with Crippen molar-refractivity contribution in [3.63, 3.8) is 0 Å². The molecule has 1 unspecified atom stereocenters. The van der Waals surface area contributed by atoms with Crippen LogP contribution in [0.3, 0.4) is 0 Å². The minimum atomic E-state index is -0.208. The van der Waals surface area contributed by atoms with Crippen molar-refractivity contribution in [1.82, 2.24) is 10.6 Å². The summed E-state index contributed by atoms with van der Waals surface area (Å²) in [6, 6.07) is 6.75. The van der Waals surface area contributed by atoms with Crippen LogP contribution in [0.5, 0.6) is 0 Å². The first-order valence-electron chi connectivity index (χ1n) is 6.98. The minimum absolute atomic E-state index is 0.201. The van der Waals surface area contributed by atoms with Crippen LogP contribution in [0.15, 0.2) is 24.3 Å². The highest BCUT2D eigenvalue weighted by Crippen LogP contribution is 2.05. The lowest BCUT2D eigenvalue weighted by Gasteiger charge is -2.17. The van der Waals surface area contributed by atoms with E-state index in [9.17, 15) is 4.39 Å². The van der Waals surface area contributed by atoms with Crippen LogP contribution >= 0.6 is 12.2 Å². The molecule has 112 valence electrons. The molecule has 0 aliphatic carbocycles. The first-order valence-corrected chi connectivity index (χ1v) is 7.39. The monoisotopic (exact) mass is 298 g/mol. The molecule has 0 aliphatic rings. The van der Waals surface area contributed by atoms with E-state index >= 15 is 0 Å². The lowest BCUT2D eigenvalue weighted by Crippen LogP contribution is -2.41. The van der Waals surface area contributed by atoms with Crippen molar-refractivity contribution >= 4 is 17.3 Å². The molecular formula is C15H23FN2OS. The van der Waals surface area contributed by atoms with Gasteiger partial charge < -0.3 is 15.4 Å². The molecule has 0 aliphatic heterocycles. The number of halogens is 1. The third kappa shape index (κ3) is 7.40. The largest absolute Gasteiger partial charge is 0.382 e. The van der Waals surface area contributed by atoms with Crippen LogP contribution in [-0.2, 0) is 11.2 Å². The van der Waals surface area contributed by atoms with Gasteiger partial charge in [0.05, 0.1) is 0 Å². The standard InChI is InChI=1S/C15H23FN2OS/c1-3-19-10-4-9-17-15(20)18-12(2)11-13-5-7-14(16)8-6-13/h5-8,12H,3-4,9-11H2,1-2H3,(H2,17,18,20). The van der Waals surface area contributed by atoms with Gasteiger partial charge in [-0.15, -0.1) is 0 Å². The molecule has 0 fully saturated rings. The quantitative estimate of drug-likeness (QED) is 0.571. The lowest BCUT2D eigenvalue weighted by molar-refractivity contribution is 0.145. The molecule has 20 heavy (non-hydrogen) atoms. The van der Waals surface area contributed by atoms with E-state index in [0.29, 0.717) is 5.11 Å². The van der Waals surface area contributed by atoms with Crippen molar-refractivity contribution in [3.05, 3.63) is 35.6 Å². The molecule has 0 saturated heterocycles. The fourth-order valence-electron chi connectivity index (χ4n) is 1.82. The molecule has 0 aromatic heterocycles. The van der Waals surface area contributed by atoms with Crippen molar-refractivity contribution in [1.29, 1.82) is 0 Å². The van der Waals surface area contributed by atoms with Gasteiger partial charge in [0, 0.05) is 25.8 Å². The third-order valence-electron chi connectivity index (χ3n) is 2.79. The molecule has 0 amide bonds. The average molecular weight is 298 g/mol. The van der Waals surface area contributed by atoms with Crippen molar-refractivity contribution < 1.29 is 9.13 Å². The number of benzene rings is 1. The molecule has 5 heteroatoms. The van der Waals surface area contributed by atoms with Crippen molar-refractivity contribution in [2.75, 3.05) is 19.8 Å². The molecule has 1 aromatic rings. The van der Waals surface area contributed by atoms with Gasteiger partial charge in [-0.05, 0) is 56.6 Å². The number of ether oxygens (including phenoxy) is 1. The smallest absolute Gasteiger partial charge is 0.166 e. The molecule has 2 N–H and O–H groups in total. The van der Waals surface area contributed by atoms with E-state index in [0.717, 1.165) is 38.2 Å². The van der Waals surface area contributed by atoms with E-state index in [4.69, 9.17) is 17.0 Å². The average Bonchev–Trinajstić information content (AvgIpc) is 2.41. The van der Waals surface area contributed by atoms with E-state index < -0.39 is 0 Å². The Hall–Kier alpha value is -1.20. The maximum Gasteiger partial charge on any atom is 0.166 e. The van der Waals surface area contributed by atoms with Crippen LogP contribution < -0.4 is 10.6 Å². The fourth-order valence-corrected chi connectivity index (χ4v) is 2.12. The Morgan fingerprint density at radius 2 is 2.05 bits per heavy atom. The topological polar surface area (TPSA) is 33.3 Å². The Kier molecular flexibility index (Phi) is 8.14. The number of thiocarbonyl (C=S) groups is 1. The van der Waals surface area contributed by atoms with Crippen LogP contribution in [0.1, 0.15) is 25.8 Å². The zero-order chi connectivity index (χ0) is 14.8. The van der Waals surface area contributed by atoms with E-state index in [1.807, 2.05) is 6.92 Å². The number of rotatable bonds is 8. The Morgan fingerprint density at radius 3 is 2.70 bits per heavy atom. The van der Waals surface area contributed by atoms with Gasteiger partial charge in [-0.25, -0.2) is 4.39 Å². The Labute approximate surface area is 125 Å². The number of hydrogen-bond acceptors (Lipinski definition) is 2. The predicted octanol–water partition coefficient (Wildman–Crippen LogP) is 2.65. The highest BCUT2D eigenvalue weighted by molar-refractivity contribution is 7.80. The van der Waals surface area contributed by atoms with E-state index in [-0.39, 0.29) is 11.9 Å². The van der Waals surface area contributed by atoms with Crippen LogP contribution in [0.4, 0.5) is 4.39 Å². The summed E-state index contributed by atoms with van der Waals surface area (Å²) >= 11 is 5.22. The summed E-state index contributed by atoms with van der Waals surface area (Å²) in [5.74, 6) is -0.208. The Balaban J connectivity index is 2.19. The maximum atomic E-state index is 12.8. The zero-order valence-electron chi connectivity index (χ0n) is 12.1. The van der Waals surface area contributed by atoms with Gasteiger partial charge in [0.25, 0.3) is 0 Å². The summed E-state index contributed by atoms with van der Waals surface area (Å²) in [5.41, 5.74) is 1.09. The van der Waals surface area contributed by atoms with Crippen LogP contribution in [0.2, 0.25) is 0 Å². The van der Waals surface area contributed by atoms with Gasteiger partial charge in [-0.3, -0.25) is 0 Å². The van der Waals surface area contributed by atoms with Gasteiger partial charge in [0.2, 0.25) is 0 Å². The molecular weight excluding hydrogens is 275 g/mol. The predicted molar refractivity (Wildman–Crippen MR) is 84.4 cm³/mol. The number of hydrogen-bond donors (Lipinski definition) is 2. The van der Waals surface area contributed by atoms with Crippen molar-refractivity contribution in [2.45, 2.75) is 32.7 Å². The van der Waals surface area contributed by atoms with Crippen LogP contribution in [0.25, 0.3) is 0 Å². The normalized spacial score (nSPS) is 11.9. The van der Waals surface area contributed by atoms with Gasteiger partial charge in [-0.1, -0.05) is 12.1 Å². The molecule has 0 saturated carbocycles. The van der Waals surface area contributed by atoms with Gasteiger partial charge in [0.15, 0.2) is 5.11 Å². The first-order chi connectivity index (χ1) is 9.61. The second kappa shape index (κ2) is 9.66. The van der Waals surface area contributed by atoms with Gasteiger partial charge >= 0.3 is 0 Å². The summed E-state index contributed by atoms with van der Waals surface area (Å²) < 4.78 is 18.1. The van der Waals surface area contributed by atoms with Gasteiger partial charge in [0.1, 0.15) is 5.82 Å². The van der Waals surface area contributed by atoms with E-state index in [1.54, 1.807) is 12.1 Å². The molecule has 0 radical (unpaired) electrons. The molecule has 3 nitrogen and oxygen atoms in total. The lowest BCUT2D eigenvalue weighted by atomic mass is 10.1. The number of nitrogens with one attached hydrogen (secondary N) is 2. The zero-order valence-corrected chi connectivity index (χ0v) is 12.9. The Bertz CT molecular complexity index is 397. The highest BCUT2D eigenvalue weighted by atomic mass is 32.1. The third-order valence-corrected chi connectivity index (χ3v) is 3.05. The summed E-state index contributed by atoms with van der Waals surface area (Å²) in [7, 11) is 0. The molecule has 0 bridgehead atoms. The molecule has 1 atom stereocenters. The summed E-state index contributed by atoms with van der Waals surface area (Å²) in [4.78, 5) is 0. The Morgan fingerprint density at radius 1 is 1.35 bits per heavy atom. The molecule has 0 spiro atoms. The van der Waals surface area contributed by atoms with E-state index in [2.05, 4.69) is 17.6 Å². The molecule has 0 heterocycles. The summed E-state index contributed by atoms with van der Waals surface area (Å²) in [6.45, 7) is 6.33. The van der Waals surface area contributed by atoms with E-state index in [1.165, 1.54) is 12.1 Å². The van der Waals surface area contributed by atoms with Gasteiger partial charge in [-0.2, -0.15) is 0 Å². The first kappa shape index (κ1) is 16.9. The molecule has 1 aromatic carbocycles. The summed E-state index contributed by atoms with van der Waals surface area (Å²) in [5, 5.41) is 7.02. The van der Waals surface area contributed by atoms with Crippen molar-refractivity contribution in [2.24, 2.45) is 0 Å².